The molecule has 4 aromatic rings. The molecule has 124 valence electrons. The van der Waals surface area contributed by atoms with Crippen molar-refractivity contribution in [1.82, 2.24) is 14.6 Å². The highest BCUT2D eigenvalue weighted by atomic mass is 79.9. The molecule has 2 heterocycles. The Hall–Kier alpha value is -2.66. The third-order valence-electron chi connectivity index (χ3n) is 4.14. The Labute approximate surface area is 154 Å². The van der Waals surface area contributed by atoms with Gasteiger partial charge in [-0.05, 0) is 42.8 Å². The lowest BCUT2D eigenvalue weighted by Gasteiger charge is -2.08. The minimum absolute atomic E-state index is 0.833. The van der Waals surface area contributed by atoms with Crippen molar-refractivity contribution < 1.29 is 4.74 Å². The Morgan fingerprint density at radius 2 is 1.64 bits per heavy atom. The van der Waals surface area contributed by atoms with Gasteiger partial charge in [0.05, 0.1) is 19.0 Å². The van der Waals surface area contributed by atoms with Gasteiger partial charge in [0, 0.05) is 21.3 Å². The normalized spacial score (nSPS) is 11.0. The highest BCUT2D eigenvalue weighted by molar-refractivity contribution is 9.10. The minimum Gasteiger partial charge on any atom is -0.497 e. The molecule has 0 amide bonds. The van der Waals surface area contributed by atoms with E-state index in [1.165, 1.54) is 0 Å². The van der Waals surface area contributed by atoms with Crippen molar-refractivity contribution in [2.24, 2.45) is 0 Å². The molecule has 0 unspecified atom stereocenters. The van der Waals surface area contributed by atoms with Gasteiger partial charge < -0.3 is 4.74 Å². The second kappa shape index (κ2) is 6.33. The van der Waals surface area contributed by atoms with E-state index in [4.69, 9.17) is 9.72 Å². The quantitative estimate of drug-likeness (QED) is 0.483. The summed E-state index contributed by atoms with van der Waals surface area (Å²) in [5.41, 5.74) is 6.00. The number of ether oxygens (including phenoxy) is 1. The zero-order valence-corrected chi connectivity index (χ0v) is 15.5. The molecule has 4 rings (SSSR count). The molecule has 0 aliphatic heterocycles. The monoisotopic (exact) mass is 393 g/mol. The molecular weight excluding hydrogens is 378 g/mol. The third kappa shape index (κ3) is 2.91. The fourth-order valence-corrected chi connectivity index (χ4v) is 3.15. The molecule has 0 bridgehead atoms. The summed E-state index contributed by atoms with van der Waals surface area (Å²) in [4.78, 5) is 4.72. The van der Waals surface area contributed by atoms with Gasteiger partial charge in [0.15, 0.2) is 5.65 Å². The molecule has 0 atom stereocenters. The van der Waals surface area contributed by atoms with Crippen LogP contribution >= 0.6 is 15.9 Å². The van der Waals surface area contributed by atoms with E-state index in [9.17, 15) is 0 Å². The topological polar surface area (TPSA) is 39.4 Å². The van der Waals surface area contributed by atoms with Gasteiger partial charge in [0.25, 0.3) is 0 Å². The Kier molecular flexibility index (Phi) is 4.01. The first-order chi connectivity index (χ1) is 12.2. The van der Waals surface area contributed by atoms with Crippen LogP contribution in [0.2, 0.25) is 0 Å². The van der Waals surface area contributed by atoms with Gasteiger partial charge in [0.2, 0.25) is 0 Å². The summed E-state index contributed by atoms with van der Waals surface area (Å²) < 4.78 is 8.19. The molecule has 0 N–H and O–H groups in total. The van der Waals surface area contributed by atoms with Crippen molar-refractivity contribution in [2.75, 3.05) is 7.11 Å². The Morgan fingerprint density at radius 1 is 0.960 bits per heavy atom. The first-order valence-electron chi connectivity index (χ1n) is 7.91. The van der Waals surface area contributed by atoms with E-state index in [2.05, 4.69) is 39.2 Å². The molecule has 25 heavy (non-hydrogen) atoms. The van der Waals surface area contributed by atoms with Crippen LogP contribution in [0.15, 0.2) is 65.3 Å². The number of fused-ring (bicyclic) bond motifs is 1. The number of halogens is 1. The number of aromatic nitrogens is 3. The van der Waals surface area contributed by atoms with E-state index < -0.39 is 0 Å². The van der Waals surface area contributed by atoms with Crippen molar-refractivity contribution in [3.05, 3.63) is 71.0 Å². The molecular formula is C20H16BrN3O. The first kappa shape index (κ1) is 15.8. The lowest BCUT2D eigenvalue weighted by atomic mass is 10.1. The SMILES string of the molecule is COc1ccc(-c2cnn3c(-c4ccc(Br)cc4)cc(C)nc23)cc1. The second-order valence-electron chi connectivity index (χ2n) is 5.81. The maximum absolute atomic E-state index is 5.24. The first-order valence-corrected chi connectivity index (χ1v) is 8.71. The average Bonchev–Trinajstić information content (AvgIpc) is 3.05. The lowest BCUT2D eigenvalue weighted by molar-refractivity contribution is 0.415. The summed E-state index contributed by atoms with van der Waals surface area (Å²) in [6.07, 6.45) is 1.87. The Balaban J connectivity index is 1.90. The van der Waals surface area contributed by atoms with E-state index in [1.54, 1.807) is 7.11 Å². The summed E-state index contributed by atoms with van der Waals surface area (Å²) in [6, 6.07) is 18.2. The summed E-state index contributed by atoms with van der Waals surface area (Å²) in [5.74, 6) is 0.833. The van der Waals surface area contributed by atoms with Crippen molar-refractivity contribution in [1.29, 1.82) is 0 Å². The van der Waals surface area contributed by atoms with Crippen LogP contribution in [0, 0.1) is 6.92 Å². The van der Waals surface area contributed by atoms with Crippen LogP contribution < -0.4 is 4.74 Å². The second-order valence-corrected chi connectivity index (χ2v) is 6.73. The number of benzene rings is 2. The van der Waals surface area contributed by atoms with Crippen molar-refractivity contribution in [2.45, 2.75) is 6.92 Å². The molecule has 0 aliphatic rings. The number of hydrogen-bond acceptors (Lipinski definition) is 3. The van der Waals surface area contributed by atoms with E-state index in [0.29, 0.717) is 0 Å². The molecule has 0 radical (unpaired) electrons. The van der Waals surface area contributed by atoms with E-state index in [1.807, 2.05) is 54.0 Å². The summed E-state index contributed by atoms with van der Waals surface area (Å²) in [5, 5.41) is 4.59. The van der Waals surface area contributed by atoms with Crippen molar-refractivity contribution in [3.8, 4) is 28.1 Å². The number of nitrogens with zero attached hydrogens (tertiary/aromatic N) is 3. The van der Waals surface area contributed by atoms with Crippen LogP contribution in [0.4, 0.5) is 0 Å². The van der Waals surface area contributed by atoms with Crippen LogP contribution in [-0.2, 0) is 0 Å². The van der Waals surface area contributed by atoms with Gasteiger partial charge in [-0.3, -0.25) is 0 Å². The van der Waals surface area contributed by atoms with Gasteiger partial charge in [-0.25, -0.2) is 9.50 Å². The van der Waals surface area contributed by atoms with E-state index in [-0.39, 0.29) is 0 Å². The molecule has 0 spiro atoms. The zero-order valence-electron chi connectivity index (χ0n) is 13.9. The Morgan fingerprint density at radius 3 is 2.32 bits per heavy atom. The predicted molar refractivity (Wildman–Crippen MR) is 103 cm³/mol. The summed E-state index contributed by atoms with van der Waals surface area (Å²) in [7, 11) is 1.67. The number of rotatable bonds is 3. The largest absolute Gasteiger partial charge is 0.497 e. The molecule has 2 aromatic carbocycles. The molecule has 0 saturated carbocycles. The zero-order chi connectivity index (χ0) is 17.4. The van der Waals surface area contributed by atoms with E-state index >= 15 is 0 Å². The van der Waals surface area contributed by atoms with Crippen LogP contribution in [-0.4, -0.2) is 21.7 Å². The Bertz CT molecular complexity index is 1040. The molecule has 0 aliphatic carbocycles. The van der Waals surface area contributed by atoms with Gasteiger partial charge in [-0.2, -0.15) is 5.10 Å². The van der Waals surface area contributed by atoms with Gasteiger partial charge in [-0.15, -0.1) is 0 Å². The lowest BCUT2D eigenvalue weighted by Crippen LogP contribution is -1.98. The standard InChI is InChI=1S/C20H16BrN3O/c1-13-11-19(15-3-7-16(21)8-4-15)24-20(23-13)18(12-22-24)14-5-9-17(25-2)10-6-14/h3-12H,1-2H3. The maximum atomic E-state index is 5.24. The fraction of sp³-hybridized carbons (Fsp3) is 0.100. The number of aryl methyl sites for hydroxylation is 1. The summed E-state index contributed by atoms with van der Waals surface area (Å²) in [6.45, 7) is 2.01. The summed E-state index contributed by atoms with van der Waals surface area (Å²) >= 11 is 3.48. The number of methoxy groups -OCH3 is 1. The average molecular weight is 394 g/mol. The van der Waals surface area contributed by atoms with Crippen LogP contribution in [0.25, 0.3) is 28.0 Å². The molecule has 4 nitrogen and oxygen atoms in total. The minimum atomic E-state index is 0.833. The molecule has 5 heteroatoms. The molecule has 2 aromatic heterocycles. The highest BCUT2D eigenvalue weighted by Crippen LogP contribution is 2.29. The predicted octanol–water partition coefficient (Wildman–Crippen LogP) is 5.14. The van der Waals surface area contributed by atoms with Crippen LogP contribution in [0.5, 0.6) is 5.75 Å². The maximum Gasteiger partial charge on any atom is 0.163 e. The van der Waals surface area contributed by atoms with Crippen molar-refractivity contribution in [3.63, 3.8) is 0 Å². The fourth-order valence-electron chi connectivity index (χ4n) is 2.88. The molecule has 0 fully saturated rings. The van der Waals surface area contributed by atoms with E-state index in [0.717, 1.165) is 43.9 Å². The van der Waals surface area contributed by atoms with Crippen molar-refractivity contribution >= 4 is 21.6 Å². The third-order valence-corrected chi connectivity index (χ3v) is 4.67. The van der Waals surface area contributed by atoms with Gasteiger partial charge >= 0.3 is 0 Å². The van der Waals surface area contributed by atoms with Gasteiger partial charge in [0.1, 0.15) is 5.75 Å². The van der Waals surface area contributed by atoms with Crippen LogP contribution in [0.3, 0.4) is 0 Å². The van der Waals surface area contributed by atoms with Crippen LogP contribution in [0.1, 0.15) is 5.69 Å². The molecule has 0 saturated heterocycles. The highest BCUT2D eigenvalue weighted by Gasteiger charge is 2.13. The smallest absolute Gasteiger partial charge is 0.163 e. The van der Waals surface area contributed by atoms with Gasteiger partial charge in [-0.1, -0.05) is 40.2 Å². The number of hydrogen-bond donors (Lipinski definition) is 0.